The van der Waals surface area contributed by atoms with E-state index in [9.17, 15) is 14.7 Å². The van der Waals surface area contributed by atoms with E-state index >= 15 is 0 Å². The monoisotopic (exact) mass is 212 g/mol. The molecular formula is C11H16O4. The Kier molecular flexibility index (Phi) is 8.28. The molecule has 0 aliphatic carbocycles. The highest BCUT2D eigenvalue weighted by atomic mass is 16.5. The van der Waals surface area contributed by atoms with E-state index in [2.05, 4.69) is 4.74 Å². The molecule has 4 heteroatoms. The molecule has 0 amide bonds. The maximum atomic E-state index is 10.7. The van der Waals surface area contributed by atoms with Gasteiger partial charge in [0.1, 0.15) is 6.29 Å². The van der Waals surface area contributed by atoms with Crippen molar-refractivity contribution in [1.82, 2.24) is 0 Å². The summed E-state index contributed by atoms with van der Waals surface area (Å²) in [6.45, 7) is 0. The molecule has 0 rings (SSSR count). The van der Waals surface area contributed by atoms with Crippen molar-refractivity contribution in [3.63, 3.8) is 0 Å². The SMILES string of the molecule is COC(=O)CCCC(O)C=CC=CC=O. The first-order valence-corrected chi connectivity index (χ1v) is 4.74. The lowest BCUT2D eigenvalue weighted by molar-refractivity contribution is -0.140. The fraction of sp³-hybridized carbons (Fsp3) is 0.455. The first-order chi connectivity index (χ1) is 7.20. The number of aliphatic hydroxyl groups is 1. The minimum Gasteiger partial charge on any atom is -0.469 e. The minimum atomic E-state index is -0.592. The highest BCUT2D eigenvalue weighted by Crippen LogP contribution is 2.03. The smallest absolute Gasteiger partial charge is 0.305 e. The van der Waals surface area contributed by atoms with Crippen LogP contribution in [-0.2, 0) is 14.3 Å². The van der Waals surface area contributed by atoms with Crippen LogP contribution in [0.2, 0.25) is 0 Å². The van der Waals surface area contributed by atoms with Crippen LogP contribution in [0.3, 0.4) is 0 Å². The Balaban J connectivity index is 3.60. The maximum absolute atomic E-state index is 10.7. The normalized spacial score (nSPS) is 13.2. The molecule has 1 N–H and O–H groups in total. The molecule has 4 nitrogen and oxygen atoms in total. The molecule has 0 heterocycles. The Hall–Kier alpha value is -1.42. The molecule has 0 aromatic rings. The van der Waals surface area contributed by atoms with Crippen molar-refractivity contribution in [2.45, 2.75) is 25.4 Å². The molecule has 15 heavy (non-hydrogen) atoms. The van der Waals surface area contributed by atoms with Gasteiger partial charge >= 0.3 is 5.97 Å². The molecule has 0 bridgehead atoms. The van der Waals surface area contributed by atoms with Crippen LogP contribution >= 0.6 is 0 Å². The summed E-state index contributed by atoms with van der Waals surface area (Å²) in [6.07, 6.45) is 7.49. The van der Waals surface area contributed by atoms with Gasteiger partial charge in [0.25, 0.3) is 0 Å². The van der Waals surface area contributed by atoms with Crippen molar-refractivity contribution in [1.29, 1.82) is 0 Å². The van der Waals surface area contributed by atoms with Crippen LogP contribution in [0, 0.1) is 0 Å². The average Bonchev–Trinajstić information content (AvgIpc) is 2.24. The van der Waals surface area contributed by atoms with E-state index in [0.29, 0.717) is 25.5 Å². The van der Waals surface area contributed by atoms with Gasteiger partial charge in [-0.15, -0.1) is 0 Å². The number of hydrogen-bond donors (Lipinski definition) is 1. The fourth-order valence-corrected chi connectivity index (χ4v) is 0.956. The first kappa shape index (κ1) is 13.6. The Labute approximate surface area is 89.2 Å². The van der Waals surface area contributed by atoms with Gasteiger partial charge in [0.15, 0.2) is 0 Å². The molecule has 0 aliphatic rings. The van der Waals surface area contributed by atoms with Gasteiger partial charge in [0.05, 0.1) is 13.2 Å². The topological polar surface area (TPSA) is 63.6 Å². The minimum absolute atomic E-state index is 0.271. The fourth-order valence-electron chi connectivity index (χ4n) is 0.956. The van der Waals surface area contributed by atoms with E-state index in [1.54, 1.807) is 12.2 Å². The van der Waals surface area contributed by atoms with Crippen molar-refractivity contribution in [2.75, 3.05) is 7.11 Å². The molecule has 0 aliphatic heterocycles. The molecule has 0 aromatic carbocycles. The Bertz CT molecular complexity index is 243. The van der Waals surface area contributed by atoms with E-state index in [4.69, 9.17) is 0 Å². The molecule has 0 saturated carbocycles. The number of carbonyl (C=O) groups is 2. The highest BCUT2D eigenvalue weighted by molar-refractivity contribution is 5.69. The van der Waals surface area contributed by atoms with Crippen LogP contribution in [0.15, 0.2) is 24.3 Å². The third-order valence-corrected chi connectivity index (χ3v) is 1.74. The van der Waals surface area contributed by atoms with E-state index in [0.717, 1.165) is 0 Å². The Morgan fingerprint density at radius 1 is 1.40 bits per heavy atom. The number of rotatable bonds is 7. The zero-order valence-corrected chi connectivity index (χ0v) is 8.76. The summed E-state index contributed by atoms with van der Waals surface area (Å²) in [5.74, 6) is -0.271. The molecule has 0 fully saturated rings. The summed E-state index contributed by atoms with van der Waals surface area (Å²) in [4.78, 5) is 20.6. The number of esters is 1. The predicted octanol–water partition coefficient (Wildman–Crippen LogP) is 1.00. The summed E-state index contributed by atoms with van der Waals surface area (Å²) in [5.41, 5.74) is 0. The quantitative estimate of drug-likeness (QED) is 0.296. The van der Waals surface area contributed by atoms with Gasteiger partial charge in [0.2, 0.25) is 0 Å². The number of aldehydes is 1. The second kappa shape index (κ2) is 9.15. The largest absolute Gasteiger partial charge is 0.469 e. The molecule has 0 spiro atoms. The standard InChI is InChI=1S/C11H16O4/c1-15-11(14)8-5-7-10(13)6-3-2-4-9-12/h2-4,6,9-10,13H,5,7-8H2,1H3. The van der Waals surface area contributed by atoms with Crippen LogP contribution in [-0.4, -0.2) is 30.6 Å². The predicted molar refractivity (Wildman–Crippen MR) is 56.2 cm³/mol. The van der Waals surface area contributed by atoms with E-state index in [1.165, 1.54) is 19.3 Å². The maximum Gasteiger partial charge on any atom is 0.305 e. The summed E-state index contributed by atoms with van der Waals surface area (Å²) in [5, 5.41) is 9.37. The average molecular weight is 212 g/mol. The van der Waals surface area contributed by atoms with Crippen molar-refractivity contribution in [2.24, 2.45) is 0 Å². The lowest BCUT2D eigenvalue weighted by Gasteiger charge is -2.03. The van der Waals surface area contributed by atoms with Crippen LogP contribution in [0.25, 0.3) is 0 Å². The third kappa shape index (κ3) is 8.90. The van der Waals surface area contributed by atoms with Gasteiger partial charge in [-0.2, -0.15) is 0 Å². The molecule has 1 atom stereocenters. The zero-order chi connectivity index (χ0) is 11.5. The van der Waals surface area contributed by atoms with Crippen LogP contribution in [0.1, 0.15) is 19.3 Å². The van der Waals surface area contributed by atoms with Crippen LogP contribution in [0.4, 0.5) is 0 Å². The molecular weight excluding hydrogens is 196 g/mol. The summed E-state index contributed by atoms with van der Waals surface area (Å²) in [6, 6.07) is 0. The van der Waals surface area contributed by atoms with Crippen LogP contribution in [0.5, 0.6) is 0 Å². The van der Waals surface area contributed by atoms with Crippen molar-refractivity contribution >= 4 is 12.3 Å². The number of carbonyl (C=O) groups excluding carboxylic acids is 2. The lowest BCUT2D eigenvalue weighted by atomic mass is 10.1. The number of allylic oxidation sites excluding steroid dienone is 3. The van der Waals surface area contributed by atoms with Gasteiger partial charge < -0.3 is 9.84 Å². The molecule has 0 radical (unpaired) electrons. The molecule has 84 valence electrons. The Morgan fingerprint density at radius 3 is 2.73 bits per heavy atom. The van der Waals surface area contributed by atoms with Gasteiger partial charge in [-0.1, -0.05) is 18.2 Å². The number of ether oxygens (including phenoxy) is 1. The highest BCUT2D eigenvalue weighted by Gasteiger charge is 2.02. The van der Waals surface area contributed by atoms with Gasteiger partial charge in [0, 0.05) is 6.42 Å². The van der Waals surface area contributed by atoms with E-state index < -0.39 is 6.10 Å². The molecule has 1 unspecified atom stereocenters. The molecule has 0 saturated heterocycles. The van der Waals surface area contributed by atoms with Crippen molar-refractivity contribution in [3.8, 4) is 0 Å². The van der Waals surface area contributed by atoms with Gasteiger partial charge in [-0.05, 0) is 18.9 Å². The summed E-state index contributed by atoms with van der Waals surface area (Å²) >= 11 is 0. The lowest BCUT2D eigenvalue weighted by Crippen LogP contribution is -2.05. The summed E-state index contributed by atoms with van der Waals surface area (Å²) in [7, 11) is 1.34. The number of hydrogen-bond acceptors (Lipinski definition) is 4. The third-order valence-electron chi connectivity index (χ3n) is 1.74. The van der Waals surface area contributed by atoms with Crippen LogP contribution < -0.4 is 0 Å². The Morgan fingerprint density at radius 2 is 2.13 bits per heavy atom. The van der Waals surface area contributed by atoms with Gasteiger partial charge in [-0.3, -0.25) is 9.59 Å². The first-order valence-electron chi connectivity index (χ1n) is 4.74. The second-order valence-corrected chi connectivity index (χ2v) is 2.94. The second-order valence-electron chi connectivity index (χ2n) is 2.94. The van der Waals surface area contributed by atoms with Crippen molar-refractivity contribution < 1.29 is 19.4 Å². The number of methoxy groups -OCH3 is 1. The molecule has 0 aromatic heterocycles. The van der Waals surface area contributed by atoms with Gasteiger partial charge in [-0.25, -0.2) is 0 Å². The number of aliphatic hydroxyl groups excluding tert-OH is 1. The summed E-state index contributed by atoms with van der Waals surface area (Å²) < 4.78 is 4.46. The van der Waals surface area contributed by atoms with Crippen molar-refractivity contribution in [3.05, 3.63) is 24.3 Å². The van der Waals surface area contributed by atoms with E-state index in [1.807, 2.05) is 0 Å². The van der Waals surface area contributed by atoms with E-state index in [-0.39, 0.29) is 5.97 Å². The zero-order valence-electron chi connectivity index (χ0n) is 8.76.